The Morgan fingerprint density at radius 2 is 2.13 bits per heavy atom. The van der Waals surface area contributed by atoms with E-state index in [0.717, 1.165) is 49.1 Å². The lowest BCUT2D eigenvalue weighted by Gasteiger charge is -2.10. The molecule has 128 valence electrons. The Hall–Kier alpha value is 0.0600. The Bertz CT molecular complexity index is 610. The third kappa shape index (κ3) is 8.12. The molecular weight excluding hydrogens is 554 g/mol. The Kier molecular flexibility index (Phi) is 10.6. The summed E-state index contributed by atoms with van der Waals surface area (Å²) < 4.78 is 1.33. The number of thiophene rings is 1. The highest BCUT2D eigenvalue weighted by molar-refractivity contribution is 14.1. The Morgan fingerprint density at radius 3 is 2.74 bits per heavy atom. The number of hydrogen-bond donors (Lipinski definition) is 2. The van der Waals surface area contributed by atoms with Crippen molar-refractivity contribution in [3.63, 3.8) is 0 Å². The summed E-state index contributed by atoms with van der Waals surface area (Å²) in [7, 11) is 0. The van der Waals surface area contributed by atoms with E-state index in [0.29, 0.717) is 0 Å². The Morgan fingerprint density at radius 1 is 1.30 bits per heavy atom. The summed E-state index contributed by atoms with van der Waals surface area (Å²) >= 11 is 5.90. The number of aryl methyl sites for hydroxylation is 1. The van der Waals surface area contributed by atoms with Crippen LogP contribution in [0.2, 0.25) is 0 Å². The molecule has 2 rings (SSSR count). The van der Waals surface area contributed by atoms with Crippen LogP contribution in [0.1, 0.15) is 22.5 Å². The molecule has 0 fully saturated rings. The van der Waals surface area contributed by atoms with Crippen molar-refractivity contribution in [2.24, 2.45) is 4.99 Å². The minimum Gasteiger partial charge on any atom is -0.357 e. The average molecular weight is 576 g/mol. The predicted molar refractivity (Wildman–Crippen MR) is 121 cm³/mol. The van der Waals surface area contributed by atoms with Crippen LogP contribution in [0.4, 0.5) is 0 Å². The van der Waals surface area contributed by atoms with E-state index in [1.54, 1.807) is 11.3 Å². The number of nitrogens with zero attached hydrogens (tertiary/aromatic N) is 2. The fraction of sp³-hybridized carbons (Fsp3) is 0.467. The molecule has 4 nitrogen and oxygen atoms in total. The van der Waals surface area contributed by atoms with Crippen molar-refractivity contribution in [1.82, 2.24) is 15.6 Å². The Balaban J connectivity index is 0.00000264. The average Bonchev–Trinajstić information content (AvgIpc) is 3.08. The van der Waals surface area contributed by atoms with Gasteiger partial charge in [0, 0.05) is 42.7 Å². The quantitative estimate of drug-likeness (QED) is 0.297. The number of halogens is 2. The second kappa shape index (κ2) is 11.6. The highest BCUT2D eigenvalue weighted by Crippen LogP contribution is 2.18. The van der Waals surface area contributed by atoms with Crippen LogP contribution >= 0.6 is 69.2 Å². The molecule has 2 N–H and O–H groups in total. The number of thiazole rings is 1. The zero-order valence-corrected chi connectivity index (χ0v) is 19.4. The van der Waals surface area contributed by atoms with Gasteiger partial charge in [0.15, 0.2) is 5.96 Å². The summed E-state index contributed by atoms with van der Waals surface area (Å²) in [5.41, 5.74) is 1.15. The van der Waals surface area contributed by atoms with Crippen LogP contribution in [-0.2, 0) is 12.8 Å². The predicted octanol–water partition coefficient (Wildman–Crippen LogP) is 4.08. The first-order valence-corrected chi connectivity index (χ1v) is 10.1. The third-order valence-corrected chi connectivity index (χ3v) is 5.72. The molecule has 0 aromatic carbocycles. The minimum atomic E-state index is 0. The fourth-order valence-electron chi connectivity index (χ4n) is 1.94. The van der Waals surface area contributed by atoms with Crippen molar-refractivity contribution in [2.75, 3.05) is 19.6 Å². The zero-order valence-electron chi connectivity index (χ0n) is 13.3. The second-order valence-corrected chi connectivity index (χ2v) is 8.88. The normalized spacial score (nSPS) is 11.2. The van der Waals surface area contributed by atoms with Gasteiger partial charge in [-0.1, -0.05) is 0 Å². The Labute approximate surface area is 176 Å². The molecule has 0 unspecified atom stereocenters. The van der Waals surface area contributed by atoms with E-state index in [9.17, 15) is 0 Å². The summed E-state index contributed by atoms with van der Waals surface area (Å²) in [6.45, 7) is 6.66. The monoisotopic (exact) mass is 576 g/mol. The van der Waals surface area contributed by atoms with E-state index in [1.165, 1.54) is 7.76 Å². The largest absolute Gasteiger partial charge is 0.357 e. The summed E-state index contributed by atoms with van der Waals surface area (Å²) in [6, 6.07) is 4.34. The zero-order chi connectivity index (χ0) is 15.8. The van der Waals surface area contributed by atoms with Crippen molar-refractivity contribution >= 4 is 75.2 Å². The molecule has 0 aliphatic heterocycles. The van der Waals surface area contributed by atoms with Gasteiger partial charge < -0.3 is 10.6 Å². The van der Waals surface area contributed by atoms with Crippen LogP contribution in [0.3, 0.4) is 0 Å². The van der Waals surface area contributed by atoms with E-state index in [4.69, 9.17) is 0 Å². The molecule has 0 spiro atoms. The van der Waals surface area contributed by atoms with Crippen molar-refractivity contribution < 1.29 is 0 Å². The first-order chi connectivity index (χ1) is 10.7. The van der Waals surface area contributed by atoms with Crippen molar-refractivity contribution in [1.29, 1.82) is 0 Å². The van der Waals surface area contributed by atoms with Crippen molar-refractivity contribution in [3.05, 3.63) is 36.0 Å². The number of nitrogens with one attached hydrogen (secondary N) is 2. The molecule has 0 radical (unpaired) electrons. The maximum Gasteiger partial charge on any atom is 0.191 e. The molecule has 0 aliphatic carbocycles. The minimum absolute atomic E-state index is 0. The van der Waals surface area contributed by atoms with Crippen LogP contribution in [0.5, 0.6) is 0 Å². The van der Waals surface area contributed by atoms with Gasteiger partial charge in [0.05, 0.1) is 13.6 Å². The molecular formula is C15H22I2N4S2. The lowest BCUT2D eigenvalue weighted by Crippen LogP contribution is -2.38. The van der Waals surface area contributed by atoms with Crippen LogP contribution < -0.4 is 10.6 Å². The van der Waals surface area contributed by atoms with Crippen LogP contribution in [0.25, 0.3) is 0 Å². The van der Waals surface area contributed by atoms with Gasteiger partial charge >= 0.3 is 0 Å². The van der Waals surface area contributed by atoms with Gasteiger partial charge in [-0.3, -0.25) is 4.99 Å². The van der Waals surface area contributed by atoms with Crippen molar-refractivity contribution in [2.45, 2.75) is 26.7 Å². The molecule has 2 aromatic heterocycles. The number of aliphatic imine (C=N–C) groups is 1. The molecule has 23 heavy (non-hydrogen) atoms. The molecule has 2 heterocycles. The van der Waals surface area contributed by atoms with Crippen LogP contribution in [0.15, 0.2) is 22.5 Å². The molecule has 0 bridgehead atoms. The van der Waals surface area contributed by atoms with Crippen molar-refractivity contribution in [3.8, 4) is 0 Å². The van der Waals surface area contributed by atoms with Gasteiger partial charge in [0.1, 0.15) is 0 Å². The highest BCUT2D eigenvalue weighted by Gasteiger charge is 2.01. The summed E-state index contributed by atoms with van der Waals surface area (Å²) in [5.74, 6) is 0.890. The summed E-state index contributed by atoms with van der Waals surface area (Å²) in [6.07, 6.45) is 1.92. The first kappa shape index (κ1) is 21.1. The topological polar surface area (TPSA) is 49.3 Å². The molecule has 0 atom stereocenters. The third-order valence-electron chi connectivity index (χ3n) is 2.94. The number of rotatable bonds is 7. The maximum atomic E-state index is 4.64. The van der Waals surface area contributed by atoms with Crippen LogP contribution in [-0.4, -0.2) is 30.6 Å². The molecule has 0 saturated carbocycles. The molecule has 0 aliphatic rings. The molecule has 2 aromatic rings. The lowest BCUT2D eigenvalue weighted by atomic mass is 10.3. The van der Waals surface area contributed by atoms with E-state index >= 15 is 0 Å². The number of guanidine groups is 1. The molecule has 0 saturated heterocycles. The van der Waals surface area contributed by atoms with E-state index < -0.39 is 0 Å². The molecule has 8 heteroatoms. The summed E-state index contributed by atoms with van der Waals surface area (Å²) in [4.78, 5) is 10.5. The van der Waals surface area contributed by atoms with E-state index in [2.05, 4.69) is 67.6 Å². The highest BCUT2D eigenvalue weighted by atomic mass is 127. The smallest absolute Gasteiger partial charge is 0.191 e. The fourth-order valence-corrected chi connectivity index (χ4v) is 4.33. The van der Waals surface area contributed by atoms with Gasteiger partial charge in [-0.15, -0.1) is 46.7 Å². The summed E-state index contributed by atoms with van der Waals surface area (Å²) in [5, 5.41) is 9.91. The van der Waals surface area contributed by atoms with E-state index in [-0.39, 0.29) is 24.0 Å². The first-order valence-electron chi connectivity index (χ1n) is 7.34. The van der Waals surface area contributed by atoms with Crippen LogP contribution in [0, 0.1) is 9.81 Å². The molecule has 0 amide bonds. The number of aromatic nitrogens is 1. The van der Waals surface area contributed by atoms with Gasteiger partial charge in [-0.25, -0.2) is 4.98 Å². The second-order valence-electron chi connectivity index (χ2n) is 4.75. The lowest BCUT2D eigenvalue weighted by molar-refractivity contribution is 0.788. The maximum absolute atomic E-state index is 4.64. The van der Waals surface area contributed by atoms with Gasteiger partial charge in [-0.2, -0.15) is 0 Å². The standard InChI is InChI=1S/C15H21IN4S2.HI/c1-3-17-15(18-8-6-12-10-21-11(2)20-12)19-9-7-13-4-5-14(16)22-13;/h4-5,10H,3,6-9H2,1-2H3,(H2,17,18,19);1H. The SMILES string of the molecule is CCNC(=NCCc1ccc(I)s1)NCCc1csc(C)n1.I. The number of hydrogen-bond acceptors (Lipinski definition) is 4. The van der Waals surface area contributed by atoms with Gasteiger partial charge in [0.2, 0.25) is 0 Å². The van der Waals surface area contributed by atoms with Gasteiger partial charge in [0.25, 0.3) is 0 Å². The van der Waals surface area contributed by atoms with E-state index in [1.807, 2.05) is 18.3 Å². The van der Waals surface area contributed by atoms with Gasteiger partial charge in [-0.05, 0) is 48.6 Å².